The number of nitrogens with zero attached hydrogens (tertiary/aromatic N) is 1. The summed E-state index contributed by atoms with van der Waals surface area (Å²) in [7, 11) is 0. The van der Waals surface area contributed by atoms with Crippen molar-refractivity contribution in [3.63, 3.8) is 0 Å². The zero-order chi connectivity index (χ0) is 18.7. The van der Waals surface area contributed by atoms with Crippen LogP contribution in [0.1, 0.15) is 31.9 Å². The molecule has 2 aromatic carbocycles. The molecule has 0 amide bonds. The molecule has 0 aromatic heterocycles. The first-order valence-electron chi connectivity index (χ1n) is 8.93. The zero-order valence-electron chi connectivity index (χ0n) is 15.3. The first-order chi connectivity index (χ1) is 12.6. The van der Waals surface area contributed by atoms with E-state index in [-0.39, 0.29) is 13.2 Å². The molecular formula is C21H23NO4. The van der Waals surface area contributed by atoms with Crippen molar-refractivity contribution in [2.24, 2.45) is 0 Å². The Balaban J connectivity index is 2.40. The van der Waals surface area contributed by atoms with E-state index in [0.29, 0.717) is 17.7 Å². The summed E-state index contributed by atoms with van der Waals surface area (Å²) in [5.41, 5.74) is 1.20. The minimum absolute atomic E-state index is 0.182. The van der Waals surface area contributed by atoms with Gasteiger partial charge in [-0.3, -0.25) is 9.59 Å². The number of para-hydroxylation sites is 2. The van der Waals surface area contributed by atoms with Crippen molar-refractivity contribution < 1.29 is 19.1 Å². The van der Waals surface area contributed by atoms with E-state index in [1.807, 2.05) is 55.5 Å². The van der Waals surface area contributed by atoms with Crippen molar-refractivity contribution >= 4 is 23.3 Å². The second-order valence-electron chi connectivity index (χ2n) is 5.97. The van der Waals surface area contributed by atoms with Crippen LogP contribution in [0.15, 0.2) is 48.5 Å². The van der Waals surface area contributed by atoms with Crippen LogP contribution in [0.5, 0.6) is 0 Å². The third-order valence-electron chi connectivity index (χ3n) is 4.68. The number of ether oxygens (including phenoxy) is 2. The van der Waals surface area contributed by atoms with Crippen molar-refractivity contribution in [1.82, 2.24) is 0 Å². The molecule has 0 unspecified atom stereocenters. The zero-order valence-corrected chi connectivity index (χ0v) is 15.3. The number of fused-ring (bicyclic) bond motifs is 2. The van der Waals surface area contributed by atoms with E-state index >= 15 is 0 Å². The Morgan fingerprint density at radius 2 is 1.23 bits per heavy atom. The number of esters is 2. The van der Waals surface area contributed by atoms with Crippen molar-refractivity contribution in [2.45, 2.75) is 26.2 Å². The molecule has 5 heteroatoms. The highest BCUT2D eigenvalue weighted by molar-refractivity contribution is 6.14. The third-order valence-corrected chi connectivity index (χ3v) is 4.68. The van der Waals surface area contributed by atoms with Crippen LogP contribution in [0.2, 0.25) is 0 Å². The largest absolute Gasteiger partial charge is 0.465 e. The quantitative estimate of drug-likeness (QED) is 0.608. The average Bonchev–Trinajstić information content (AvgIpc) is 2.66. The van der Waals surface area contributed by atoms with E-state index in [2.05, 4.69) is 4.90 Å². The second-order valence-corrected chi connectivity index (χ2v) is 5.97. The minimum atomic E-state index is -1.62. The summed E-state index contributed by atoms with van der Waals surface area (Å²) >= 11 is 0. The number of rotatable bonds is 5. The fourth-order valence-corrected chi connectivity index (χ4v) is 3.67. The van der Waals surface area contributed by atoms with Crippen molar-refractivity contribution in [1.29, 1.82) is 0 Å². The van der Waals surface area contributed by atoms with Crippen LogP contribution in [0, 0.1) is 0 Å². The predicted molar refractivity (Wildman–Crippen MR) is 99.6 cm³/mol. The predicted octanol–water partition coefficient (Wildman–Crippen LogP) is 3.57. The fraction of sp³-hybridized carbons (Fsp3) is 0.333. The van der Waals surface area contributed by atoms with E-state index in [4.69, 9.17) is 9.47 Å². The van der Waals surface area contributed by atoms with E-state index in [1.54, 1.807) is 13.8 Å². The molecular weight excluding hydrogens is 330 g/mol. The normalized spacial score (nSPS) is 14.2. The van der Waals surface area contributed by atoms with E-state index in [0.717, 1.165) is 11.4 Å². The van der Waals surface area contributed by atoms with E-state index in [1.165, 1.54) is 0 Å². The lowest BCUT2D eigenvalue weighted by Crippen LogP contribution is -2.50. The first kappa shape index (κ1) is 18.0. The molecule has 0 radical (unpaired) electrons. The Morgan fingerprint density at radius 1 is 0.808 bits per heavy atom. The number of carbonyl (C=O) groups excluding carboxylic acids is 2. The highest BCUT2D eigenvalue weighted by Crippen LogP contribution is 2.50. The third kappa shape index (κ3) is 2.46. The molecule has 3 rings (SSSR count). The second kappa shape index (κ2) is 7.20. The van der Waals surface area contributed by atoms with Gasteiger partial charge in [0, 0.05) is 29.0 Å². The van der Waals surface area contributed by atoms with Gasteiger partial charge in [-0.15, -0.1) is 0 Å². The van der Waals surface area contributed by atoms with Crippen LogP contribution in [0.4, 0.5) is 11.4 Å². The van der Waals surface area contributed by atoms with Gasteiger partial charge in [0.25, 0.3) is 0 Å². The first-order valence-corrected chi connectivity index (χ1v) is 8.93. The van der Waals surface area contributed by atoms with Gasteiger partial charge in [0.15, 0.2) is 0 Å². The van der Waals surface area contributed by atoms with Gasteiger partial charge in [-0.2, -0.15) is 0 Å². The van der Waals surface area contributed by atoms with Gasteiger partial charge in [-0.05, 0) is 32.9 Å². The van der Waals surface area contributed by atoms with Gasteiger partial charge < -0.3 is 14.4 Å². The lowest BCUT2D eigenvalue weighted by atomic mass is 9.70. The maximum Gasteiger partial charge on any atom is 0.332 e. The van der Waals surface area contributed by atoms with Gasteiger partial charge >= 0.3 is 11.9 Å². The molecule has 0 bridgehead atoms. The summed E-state index contributed by atoms with van der Waals surface area (Å²) < 4.78 is 10.8. The Kier molecular flexibility index (Phi) is 4.98. The highest BCUT2D eigenvalue weighted by Gasteiger charge is 2.57. The molecule has 0 aliphatic carbocycles. The van der Waals surface area contributed by atoms with Gasteiger partial charge in [-0.25, -0.2) is 0 Å². The SMILES string of the molecule is CCOC(=O)C1(C(=O)OCC)c2ccccc2N(CC)c2ccccc21. The molecule has 0 fully saturated rings. The molecule has 5 nitrogen and oxygen atoms in total. The molecule has 1 aliphatic heterocycles. The number of hydrogen-bond acceptors (Lipinski definition) is 5. The van der Waals surface area contributed by atoms with Crippen LogP contribution < -0.4 is 4.90 Å². The Hall–Kier alpha value is -2.82. The molecule has 1 aliphatic rings. The summed E-state index contributed by atoms with van der Waals surface area (Å²) in [6, 6.07) is 14.9. The molecule has 0 atom stereocenters. The van der Waals surface area contributed by atoms with E-state index < -0.39 is 17.4 Å². The van der Waals surface area contributed by atoms with E-state index in [9.17, 15) is 9.59 Å². The molecule has 26 heavy (non-hydrogen) atoms. The van der Waals surface area contributed by atoms with Gasteiger partial charge in [0.05, 0.1) is 13.2 Å². The Labute approximate surface area is 153 Å². The summed E-state index contributed by atoms with van der Waals surface area (Å²) in [6.07, 6.45) is 0. The summed E-state index contributed by atoms with van der Waals surface area (Å²) in [4.78, 5) is 28.5. The Bertz CT molecular complexity index is 763. The smallest absolute Gasteiger partial charge is 0.332 e. The van der Waals surface area contributed by atoms with Crippen LogP contribution in [0.3, 0.4) is 0 Å². The van der Waals surface area contributed by atoms with Crippen LogP contribution >= 0.6 is 0 Å². The molecule has 136 valence electrons. The number of hydrogen-bond donors (Lipinski definition) is 0. The van der Waals surface area contributed by atoms with Crippen molar-refractivity contribution in [2.75, 3.05) is 24.7 Å². The van der Waals surface area contributed by atoms with Crippen LogP contribution in [-0.4, -0.2) is 31.7 Å². The molecule has 2 aromatic rings. The van der Waals surface area contributed by atoms with Crippen LogP contribution in [-0.2, 0) is 24.5 Å². The van der Waals surface area contributed by atoms with Crippen LogP contribution in [0.25, 0.3) is 0 Å². The Morgan fingerprint density at radius 3 is 1.62 bits per heavy atom. The summed E-state index contributed by atoms with van der Waals surface area (Å²) in [5, 5.41) is 0. The molecule has 1 heterocycles. The molecule has 0 saturated carbocycles. The fourth-order valence-electron chi connectivity index (χ4n) is 3.67. The maximum atomic E-state index is 13.2. The van der Waals surface area contributed by atoms with Gasteiger partial charge in [0.2, 0.25) is 5.41 Å². The molecule has 0 saturated heterocycles. The maximum absolute atomic E-state index is 13.2. The topological polar surface area (TPSA) is 55.8 Å². The number of anilines is 2. The number of carbonyl (C=O) groups is 2. The number of benzene rings is 2. The average molecular weight is 353 g/mol. The molecule has 0 spiro atoms. The monoisotopic (exact) mass is 353 g/mol. The molecule has 0 N–H and O–H groups in total. The minimum Gasteiger partial charge on any atom is -0.465 e. The van der Waals surface area contributed by atoms with Gasteiger partial charge in [0.1, 0.15) is 0 Å². The standard InChI is InChI=1S/C21H23NO4/c1-4-22-17-13-9-7-11-15(17)21(19(23)25-5-2,20(24)26-6-3)16-12-8-10-14-18(16)22/h7-14H,4-6H2,1-3H3. The van der Waals surface area contributed by atoms with Crippen molar-refractivity contribution in [3.8, 4) is 0 Å². The lowest BCUT2D eigenvalue weighted by molar-refractivity contribution is -0.162. The van der Waals surface area contributed by atoms with Crippen molar-refractivity contribution in [3.05, 3.63) is 59.7 Å². The lowest BCUT2D eigenvalue weighted by Gasteiger charge is -2.41. The van der Waals surface area contributed by atoms with Gasteiger partial charge in [-0.1, -0.05) is 36.4 Å². The highest BCUT2D eigenvalue weighted by atomic mass is 16.6. The summed E-state index contributed by atoms with van der Waals surface area (Å²) in [6.45, 7) is 6.57. The summed E-state index contributed by atoms with van der Waals surface area (Å²) in [5.74, 6) is -1.21.